The molecule has 0 aliphatic heterocycles. The van der Waals surface area contributed by atoms with Crippen molar-refractivity contribution in [3.05, 3.63) is 53.8 Å². The zero-order valence-corrected chi connectivity index (χ0v) is 12.7. The van der Waals surface area contributed by atoms with Gasteiger partial charge >= 0.3 is 6.36 Å². The van der Waals surface area contributed by atoms with Crippen LogP contribution in [0, 0.1) is 0 Å². The van der Waals surface area contributed by atoms with Gasteiger partial charge in [0.15, 0.2) is 0 Å². The molecule has 0 unspecified atom stereocenters. The van der Waals surface area contributed by atoms with Crippen molar-refractivity contribution in [2.45, 2.75) is 16.0 Å². The van der Waals surface area contributed by atoms with E-state index in [-0.39, 0.29) is 12.2 Å². The average molecular weight is 398 g/mol. The lowest BCUT2D eigenvalue weighted by Crippen LogP contribution is -2.22. The molecule has 0 saturated carbocycles. The first-order chi connectivity index (χ1) is 8.78. The van der Waals surface area contributed by atoms with Gasteiger partial charge in [-0.25, -0.2) is 0 Å². The SMILES string of the molecule is FC(F)(F)OC1=CC=C(c2ccccc2)C(Br)(Br)C1. The van der Waals surface area contributed by atoms with Gasteiger partial charge in [-0.1, -0.05) is 68.3 Å². The lowest BCUT2D eigenvalue weighted by atomic mass is 9.96. The molecule has 0 spiro atoms. The number of ether oxygens (including phenoxy) is 1. The number of halogens is 5. The van der Waals surface area contributed by atoms with E-state index in [1.807, 2.05) is 30.3 Å². The number of hydrogen-bond donors (Lipinski definition) is 0. The molecule has 0 saturated heterocycles. The fourth-order valence-electron chi connectivity index (χ4n) is 1.82. The summed E-state index contributed by atoms with van der Waals surface area (Å²) in [7, 11) is 0. The molecular weight excluding hydrogens is 389 g/mol. The van der Waals surface area contributed by atoms with Gasteiger partial charge in [0, 0.05) is 6.42 Å². The van der Waals surface area contributed by atoms with E-state index in [0.717, 1.165) is 11.1 Å². The van der Waals surface area contributed by atoms with Gasteiger partial charge < -0.3 is 4.74 Å². The summed E-state index contributed by atoms with van der Waals surface area (Å²) in [5.41, 5.74) is 1.78. The number of benzene rings is 1. The van der Waals surface area contributed by atoms with Crippen molar-refractivity contribution < 1.29 is 17.9 Å². The highest BCUT2D eigenvalue weighted by Crippen LogP contribution is 2.48. The molecule has 0 N–H and O–H groups in total. The number of alkyl halides is 5. The van der Waals surface area contributed by atoms with Crippen LogP contribution in [0.15, 0.2) is 48.2 Å². The summed E-state index contributed by atoms with van der Waals surface area (Å²) >= 11 is 6.81. The summed E-state index contributed by atoms with van der Waals surface area (Å²) in [4.78, 5) is 0. The monoisotopic (exact) mass is 396 g/mol. The highest BCUT2D eigenvalue weighted by molar-refractivity contribution is 9.25. The lowest BCUT2D eigenvalue weighted by molar-refractivity contribution is -0.306. The largest absolute Gasteiger partial charge is 0.572 e. The van der Waals surface area contributed by atoms with Crippen LogP contribution in [0.2, 0.25) is 0 Å². The van der Waals surface area contributed by atoms with Crippen molar-refractivity contribution in [2.24, 2.45) is 0 Å². The summed E-state index contributed by atoms with van der Waals surface area (Å²) in [5.74, 6) is -0.138. The maximum absolute atomic E-state index is 12.2. The van der Waals surface area contributed by atoms with Crippen molar-refractivity contribution in [1.82, 2.24) is 0 Å². The topological polar surface area (TPSA) is 9.23 Å². The molecule has 0 radical (unpaired) electrons. The Hall–Kier alpha value is -0.750. The van der Waals surface area contributed by atoms with Crippen LogP contribution in [0.1, 0.15) is 12.0 Å². The van der Waals surface area contributed by atoms with Gasteiger partial charge in [-0.05, 0) is 17.2 Å². The smallest absolute Gasteiger partial charge is 0.410 e. The van der Waals surface area contributed by atoms with Crippen molar-refractivity contribution >= 4 is 37.4 Å². The van der Waals surface area contributed by atoms with Crippen LogP contribution in [0.3, 0.4) is 0 Å². The number of hydrogen-bond acceptors (Lipinski definition) is 1. The van der Waals surface area contributed by atoms with Crippen LogP contribution in [0.4, 0.5) is 13.2 Å². The lowest BCUT2D eigenvalue weighted by Gasteiger charge is -2.29. The molecular formula is C13H9Br2F3O. The van der Waals surface area contributed by atoms with Crippen molar-refractivity contribution in [3.63, 3.8) is 0 Å². The van der Waals surface area contributed by atoms with Crippen LogP contribution in [-0.4, -0.2) is 9.60 Å². The van der Waals surface area contributed by atoms with Gasteiger partial charge in [-0.3, -0.25) is 0 Å². The van der Waals surface area contributed by atoms with Crippen LogP contribution in [0.5, 0.6) is 0 Å². The molecule has 6 heteroatoms. The first-order valence-electron chi connectivity index (χ1n) is 5.38. The molecule has 0 atom stereocenters. The van der Waals surface area contributed by atoms with Gasteiger partial charge in [0.25, 0.3) is 0 Å². The predicted octanol–water partition coefficient (Wildman–Crippen LogP) is 5.38. The minimum atomic E-state index is -4.67. The summed E-state index contributed by atoms with van der Waals surface area (Å²) in [6.45, 7) is 0. The molecule has 0 fully saturated rings. The van der Waals surface area contributed by atoms with Crippen molar-refractivity contribution in [3.8, 4) is 0 Å². The standard InChI is InChI=1S/C13H9Br2F3O/c14-12(15)8-10(19-13(16,17)18)6-7-11(12)9-4-2-1-3-5-9/h1-7H,8H2. The first-order valence-corrected chi connectivity index (χ1v) is 6.97. The first kappa shape index (κ1) is 14.7. The quantitative estimate of drug-likeness (QED) is 0.608. The van der Waals surface area contributed by atoms with E-state index >= 15 is 0 Å². The Balaban J connectivity index is 2.30. The molecule has 1 aliphatic carbocycles. The molecule has 2 rings (SSSR count). The minimum absolute atomic E-state index is 0.0627. The minimum Gasteiger partial charge on any atom is -0.410 e. The van der Waals surface area contributed by atoms with E-state index in [1.165, 1.54) is 6.08 Å². The molecule has 19 heavy (non-hydrogen) atoms. The fraction of sp³-hybridized carbons (Fsp3) is 0.231. The van der Waals surface area contributed by atoms with E-state index in [1.54, 1.807) is 6.08 Å². The summed E-state index contributed by atoms with van der Waals surface area (Å²) < 4.78 is 39.8. The van der Waals surface area contributed by atoms with Crippen molar-refractivity contribution in [1.29, 1.82) is 0 Å². The Morgan fingerprint density at radius 1 is 1.05 bits per heavy atom. The fourth-order valence-corrected chi connectivity index (χ4v) is 3.09. The highest BCUT2D eigenvalue weighted by Gasteiger charge is 2.38. The second kappa shape index (κ2) is 5.32. The maximum atomic E-state index is 12.2. The maximum Gasteiger partial charge on any atom is 0.572 e. The summed E-state index contributed by atoms with van der Waals surface area (Å²) in [6, 6.07) is 9.42. The van der Waals surface area contributed by atoms with E-state index in [9.17, 15) is 13.2 Å². The van der Waals surface area contributed by atoms with E-state index in [4.69, 9.17) is 0 Å². The zero-order chi connectivity index (χ0) is 14.1. The second-order valence-corrected chi connectivity index (χ2v) is 7.78. The summed E-state index contributed by atoms with van der Waals surface area (Å²) in [5, 5.41) is 0. The van der Waals surface area contributed by atoms with E-state index in [0.29, 0.717) is 0 Å². The number of allylic oxidation sites excluding steroid dienone is 4. The normalized spacial score (nSPS) is 18.6. The van der Waals surface area contributed by atoms with E-state index in [2.05, 4.69) is 36.6 Å². The van der Waals surface area contributed by atoms with Crippen LogP contribution in [0.25, 0.3) is 5.57 Å². The molecule has 0 bridgehead atoms. The Labute approximate surface area is 125 Å². The predicted molar refractivity (Wildman–Crippen MR) is 74.8 cm³/mol. The Morgan fingerprint density at radius 2 is 1.68 bits per heavy atom. The van der Waals surface area contributed by atoms with Crippen LogP contribution < -0.4 is 0 Å². The Morgan fingerprint density at radius 3 is 2.21 bits per heavy atom. The van der Waals surface area contributed by atoms with Gasteiger partial charge in [0.2, 0.25) is 0 Å². The third kappa shape index (κ3) is 3.86. The average Bonchev–Trinajstić information content (AvgIpc) is 2.26. The second-order valence-electron chi connectivity index (χ2n) is 4.01. The molecule has 1 aromatic carbocycles. The van der Waals surface area contributed by atoms with Gasteiger partial charge in [0.05, 0.1) is 0 Å². The Kier molecular flexibility index (Phi) is 4.11. The van der Waals surface area contributed by atoms with Crippen LogP contribution in [-0.2, 0) is 4.74 Å². The van der Waals surface area contributed by atoms with Gasteiger partial charge in [-0.15, -0.1) is 13.2 Å². The third-order valence-electron chi connectivity index (χ3n) is 2.56. The zero-order valence-electron chi connectivity index (χ0n) is 9.55. The molecule has 1 nitrogen and oxygen atoms in total. The third-order valence-corrected chi connectivity index (χ3v) is 3.97. The number of rotatable bonds is 2. The highest BCUT2D eigenvalue weighted by atomic mass is 79.9. The van der Waals surface area contributed by atoms with Gasteiger partial charge in [-0.2, -0.15) is 0 Å². The molecule has 1 aliphatic rings. The molecule has 1 aromatic rings. The molecule has 0 heterocycles. The van der Waals surface area contributed by atoms with E-state index < -0.39 is 9.60 Å². The van der Waals surface area contributed by atoms with Crippen molar-refractivity contribution in [2.75, 3.05) is 0 Å². The molecule has 0 aromatic heterocycles. The van der Waals surface area contributed by atoms with Gasteiger partial charge in [0.1, 0.15) is 8.99 Å². The van der Waals surface area contributed by atoms with Crippen LogP contribution >= 0.6 is 31.9 Å². The summed E-state index contributed by atoms with van der Waals surface area (Å²) in [6.07, 6.45) is -1.65. The molecule has 102 valence electrons. The Bertz CT molecular complexity index is 518. The molecule has 0 amide bonds.